The lowest BCUT2D eigenvalue weighted by molar-refractivity contribution is 0.0696. The summed E-state index contributed by atoms with van der Waals surface area (Å²) >= 11 is 0. The Labute approximate surface area is 112 Å². The highest BCUT2D eigenvalue weighted by atomic mass is 16.4. The van der Waals surface area contributed by atoms with E-state index in [1.54, 1.807) is 18.2 Å². The Hall–Kier alpha value is -2.08. The van der Waals surface area contributed by atoms with E-state index < -0.39 is 5.97 Å². The van der Waals surface area contributed by atoms with E-state index in [0.717, 1.165) is 12.1 Å². The van der Waals surface area contributed by atoms with Crippen LogP contribution in [0.1, 0.15) is 15.9 Å². The van der Waals surface area contributed by atoms with Crippen LogP contribution < -0.4 is 10.6 Å². The second-order valence-electron chi connectivity index (χ2n) is 4.42. The summed E-state index contributed by atoms with van der Waals surface area (Å²) in [5.41, 5.74) is 0.968. The average Bonchev–Trinajstić information content (AvgIpc) is 2.36. The van der Waals surface area contributed by atoms with Gasteiger partial charge in [-0.25, -0.2) is 9.59 Å². The molecule has 0 saturated carbocycles. The molecule has 104 valence electrons. The summed E-state index contributed by atoms with van der Waals surface area (Å²) in [5.74, 6) is -0.975. The van der Waals surface area contributed by atoms with Gasteiger partial charge in [0.1, 0.15) is 0 Å². The SMILES string of the molecule is CN(C)CCNC(=O)NCc1cccc(C(=O)O)c1. The van der Waals surface area contributed by atoms with E-state index in [0.29, 0.717) is 13.1 Å². The van der Waals surface area contributed by atoms with E-state index in [-0.39, 0.29) is 11.6 Å². The highest BCUT2D eigenvalue weighted by Crippen LogP contribution is 2.04. The zero-order chi connectivity index (χ0) is 14.3. The van der Waals surface area contributed by atoms with Crippen molar-refractivity contribution in [1.29, 1.82) is 0 Å². The van der Waals surface area contributed by atoms with Crippen molar-refractivity contribution in [3.63, 3.8) is 0 Å². The second kappa shape index (κ2) is 7.38. The monoisotopic (exact) mass is 265 g/mol. The first-order valence-electron chi connectivity index (χ1n) is 5.97. The Kier molecular flexibility index (Phi) is 5.81. The molecule has 0 spiro atoms. The molecule has 6 heteroatoms. The van der Waals surface area contributed by atoms with E-state index in [9.17, 15) is 9.59 Å². The normalized spacial score (nSPS) is 10.3. The lowest BCUT2D eigenvalue weighted by Gasteiger charge is -2.11. The highest BCUT2D eigenvalue weighted by molar-refractivity contribution is 5.87. The van der Waals surface area contributed by atoms with Gasteiger partial charge in [0.15, 0.2) is 0 Å². The van der Waals surface area contributed by atoms with Crippen LogP contribution in [0.3, 0.4) is 0 Å². The number of carbonyl (C=O) groups excluding carboxylic acids is 1. The molecule has 1 aromatic rings. The number of likely N-dealkylation sites (N-methyl/N-ethyl adjacent to an activating group) is 1. The molecule has 2 amide bonds. The van der Waals surface area contributed by atoms with Gasteiger partial charge in [0.05, 0.1) is 5.56 Å². The van der Waals surface area contributed by atoms with Gasteiger partial charge in [-0.15, -0.1) is 0 Å². The highest BCUT2D eigenvalue weighted by Gasteiger charge is 2.04. The molecule has 0 aliphatic heterocycles. The number of hydrogen-bond acceptors (Lipinski definition) is 3. The minimum absolute atomic E-state index is 0.215. The van der Waals surface area contributed by atoms with E-state index in [1.807, 2.05) is 19.0 Å². The number of aromatic carboxylic acids is 1. The number of hydrogen-bond donors (Lipinski definition) is 3. The molecule has 0 unspecified atom stereocenters. The number of carbonyl (C=O) groups is 2. The van der Waals surface area contributed by atoms with Gasteiger partial charge < -0.3 is 20.6 Å². The van der Waals surface area contributed by atoms with Crippen LogP contribution in [0.5, 0.6) is 0 Å². The van der Waals surface area contributed by atoms with Crippen LogP contribution in [-0.4, -0.2) is 49.2 Å². The molecule has 0 aliphatic carbocycles. The van der Waals surface area contributed by atoms with Crippen molar-refractivity contribution >= 4 is 12.0 Å². The van der Waals surface area contributed by atoms with E-state index in [4.69, 9.17) is 5.11 Å². The smallest absolute Gasteiger partial charge is 0.335 e. The molecule has 0 atom stereocenters. The number of urea groups is 1. The van der Waals surface area contributed by atoms with Crippen LogP contribution in [0.25, 0.3) is 0 Å². The molecule has 0 heterocycles. The summed E-state index contributed by atoms with van der Waals surface area (Å²) < 4.78 is 0. The number of rotatable bonds is 6. The van der Waals surface area contributed by atoms with Crippen molar-refractivity contribution in [2.45, 2.75) is 6.54 Å². The Morgan fingerprint density at radius 2 is 2.00 bits per heavy atom. The lowest BCUT2D eigenvalue weighted by Crippen LogP contribution is -2.38. The quantitative estimate of drug-likeness (QED) is 0.709. The zero-order valence-electron chi connectivity index (χ0n) is 11.1. The Morgan fingerprint density at radius 1 is 1.26 bits per heavy atom. The van der Waals surface area contributed by atoms with Gasteiger partial charge >= 0.3 is 12.0 Å². The number of nitrogens with one attached hydrogen (secondary N) is 2. The largest absolute Gasteiger partial charge is 0.478 e. The maximum atomic E-state index is 11.5. The molecular weight excluding hydrogens is 246 g/mol. The van der Waals surface area contributed by atoms with Gasteiger partial charge in [0.2, 0.25) is 0 Å². The molecule has 3 N–H and O–H groups in total. The topological polar surface area (TPSA) is 81.7 Å². The maximum absolute atomic E-state index is 11.5. The van der Waals surface area contributed by atoms with Crippen LogP contribution in [0, 0.1) is 0 Å². The van der Waals surface area contributed by atoms with Crippen LogP contribution in [0.2, 0.25) is 0 Å². The third-order valence-electron chi connectivity index (χ3n) is 2.47. The zero-order valence-corrected chi connectivity index (χ0v) is 11.1. The summed E-state index contributed by atoms with van der Waals surface area (Å²) in [6.07, 6.45) is 0. The molecule has 0 saturated heterocycles. The van der Waals surface area contributed by atoms with Crippen molar-refractivity contribution in [3.05, 3.63) is 35.4 Å². The first-order valence-corrected chi connectivity index (χ1v) is 5.97. The van der Waals surface area contributed by atoms with Crippen molar-refractivity contribution in [1.82, 2.24) is 15.5 Å². The van der Waals surface area contributed by atoms with Gasteiger partial charge in [-0.2, -0.15) is 0 Å². The van der Waals surface area contributed by atoms with Crippen LogP contribution in [0.15, 0.2) is 24.3 Å². The van der Waals surface area contributed by atoms with Crippen molar-refractivity contribution < 1.29 is 14.7 Å². The van der Waals surface area contributed by atoms with Crippen LogP contribution >= 0.6 is 0 Å². The fourth-order valence-electron chi connectivity index (χ4n) is 1.45. The molecule has 6 nitrogen and oxygen atoms in total. The first-order chi connectivity index (χ1) is 8.99. The molecule has 0 bridgehead atoms. The van der Waals surface area contributed by atoms with Gasteiger partial charge in [-0.3, -0.25) is 0 Å². The number of nitrogens with zero attached hydrogens (tertiary/aromatic N) is 1. The molecule has 19 heavy (non-hydrogen) atoms. The molecule has 0 radical (unpaired) electrons. The standard InChI is InChI=1S/C13H19N3O3/c1-16(2)7-6-14-13(19)15-9-10-4-3-5-11(8-10)12(17)18/h3-5,8H,6-7,9H2,1-2H3,(H,17,18)(H2,14,15,19). The summed E-state index contributed by atoms with van der Waals surface area (Å²) in [5, 5.41) is 14.2. The third-order valence-corrected chi connectivity index (χ3v) is 2.47. The van der Waals surface area contributed by atoms with E-state index in [1.165, 1.54) is 6.07 Å². The summed E-state index contributed by atoms with van der Waals surface area (Å²) in [7, 11) is 3.86. The van der Waals surface area contributed by atoms with Crippen LogP contribution in [-0.2, 0) is 6.54 Å². The second-order valence-corrected chi connectivity index (χ2v) is 4.42. The predicted octanol–water partition coefficient (Wildman–Crippen LogP) is 0.746. The van der Waals surface area contributed by atoms with Gasteiger partial charge in [-0.05, 0) is 31.8 Å². The molecule has 1 rings (SSSR count). The number of amides is 2. The Balaban J connectivity index is 2.37. The number of benzene rings is 1. The lowest BCUT2D eigenvalue weighted by atomic mass is 10.1. The maximum Gasteiger partial charge on any atom is 0.335 e. The van der Waals surface area contributed by atoms with Gasteiger partial charge in [0, 0.05) is 19.6 Å². The number of carboxylic acid groups (broad SMARTS) is 1. The fourth-order valence-corrected chi connectivity index (χ4v) is 1.45. The predicted molar refractivity (Wildman–Crippen MR) is 72.2 cm³/mol. The molecular formula is C13H19N3O3. The first kappa shape index (κ1) is 15.0. The molecule has 1 aromatic carbocycles. The minimum Gasteiger partial charge on any atom is -0.478 e. The summed E-state index contributed by atoms with van der Waals surface area (Å²) in [6.45, 7) is 1.63. The minimum atomic E-state index is -0.975. The van der Waals surface area contributed by atoms with Crippen molar-refractivity contribution in [3.8, 4) is 0 Å². The van der Waals surface area contributed by atoms with Crippen LogP contribution in [0.4, 0.5) is 4.79 Å². The average molecular weight is 265 g/mol. The molecule has 0 aliphatic rings. The van der Waals surface area contributed by atoms with Gasteiger partial charge in [0.25, 0.3) is 0 Å². The Morgan fingerprint density at radius 3 is 2.63 bits per heavy atom. The van der Waals surface area contributed by atoms with Gasteiger partial charge in [-0.1, -0.05) is 12.1 Å². The van der Waals surface area contributed by atoms with Crippen molar-refractivity contribution in [2.75, 3.05) is 27.2 Å². The third kappa shape index (κ3) is 5.87. The molecule has 0 aromatic heterocycles. The van der Waals surface area contributed by atoms with E-state index in [2.05, 4.69) is 10.6 Å². The van der Waals surface area contributed by atoms with Crippen molar-refractivity contribution in [2.24, 2.45) is 0 Å². The Bertz CT molecular complexity index is 447. The van der Waals surface area contributed by atoms with E-state index >= 15 is 0 Å². The molecule has 0 fully saturated rings. The summed E-state index contributed by atoms with van der Waals surface area (Å²) in [4.78, 5) is 24.2. The fraction of sp³-hybridized carbons (Fsp3) is 0.385. The number of carboxylic acids is 1. The summed E-state index contributed by atoms with van der Waals surface area (Å²) in [6, 6.07) is 6.23.